The van der Waals surface area contributed by atoms with Crippen LogP contribution in [0.4, 0.5) is 0 Å². The van der Waals surface area contributed by atoms with Crippen LogP contribution in [0.3, 0.4) is 0 Å². The van der Waals surface area contributed by atoms with Crippen LogP contribution in [0.1, 0.15) is 33.3 Å². The van der Waals surface area contributed by atoms with Gasteiger partial charge in [-0.3, -0.25) is 4.79 Å². The Labute approximate surface area is 89.0 Å². The lowest BCUT2D eigenvalue weighted by Crippen LogP contribution is -2.05. The zero-order valence-electron chi connectivity index (χ0n) is 8.95. The van der Waals surface area contributed by atoms with E-state index in [2.05, 4.69) is 0 Å². The van der Waals surface area contributed by atoms with Crippen molar-refractivity contribution in [1.82, 2.24) is 0 Å². The minimum Gasteiger partial charge on any atom is -0.346 e. The van der Waals surface area contributed by atoms with Gasteiger partial charge in [0, 0.05) is 11.1 Å². The lowest BCUT2D eigenvalue weighted by molar-refractivity contribution is -0.0444. The molecule has 0 bridgehead atoms. The standard InChI is InChI=1S/C12H14O3/c1-8-5-9(2)11(7-13)10(6-8)12-14-3-4-15-12/h5-7,12H,3-4H2,1-2H3. The molecule has 3 nitrogen and oxygen atoms in total. The van der Waals surface area contributed by atoms with Crippen LogP contribution in [0.25, 0.3) is 0 Å². The Morgan fingerprint density at radius 2 is 1.93 bits per heavy atom. The van der Waals surface area contributed by atoms with E-state index in [1.807, 2.05) is 26.0 Å². The molecule has 0 atom stereocenters. The highest BCUT2D eigenvalue weighted by molar-refractivity contribution is 5.80. The van der Waals surface area contributed by atoms with Gasteiger partial charge in [-0.1, -0.05) is 17.7 Å². The van der Waals surface area contributed by atoms with E-state index in [1.165, 1.54) is 0 Å². The van der Waals surface area contributed by atoms with Gasteiger partial charge in [0.2, 0.25) is 0 Å². The van der Waals surface area contributed by atoms with Crippen LogP contribution in [0, 0.1) is 13.8 Å². The molecule has 0 aliphatic carbocycles. The predicted molar refractivity (Wildman–Crippen MR) is 55.9 cm³/mol. The van der Waals surface area contributed by atoms with Gasteiger partial charge in [0.25, 0.3) is 0 Å². The van der Waals surface area contributed by atoms with E-state index in [1.54, 1.807) is 0 Å². The van der Waals surface area contributed by atoms with Crippen molar-refractivity contribution in [3.05, 3.63) is 34.4 Å². The maximum atomic E-state index is 11.0. The first-order valence-corrected chi connectivity index (χ1v) is 5.02. The molecule has 3 heteroatoms. The molecule has 0 unspecified atom stereocenters. The SMILES string of the molecule is Cc1cc(C)c(C=O)c(C2OCCO2)c1. The van der Waals surface area contributed by atoms with Gasteiger partial charge in [-0.05, 0) is 19.4 Å². The summed E-state index contributed by atoms with van der Waals surface area (Å²) in [5.41, 5.74) is 3.62. The number of hydrogen-bond acceptors (Lipinski definition) is 3. The molecule has 80 valence electrons. The first-order chi connectivity index (χ1) is 7.22. The molecule has 2 rings (SSSR count). The molecule has 1 aromatic rings. The average molecular weight is 206 g/mol. The number of aldehydes is 1. The molecule has 1 aromatic carbocycles. The van der Waals surface area contributed by atoms with E-state index in [0.717, 1.165) is 23.0 Å². The number of benzene rings is 1. The lowest BCUT2D eigenvalue weighted by atomic mass is 9.99. The Hall–Kier alpha value is -1.19. The molecular weight excluding hydrogens is 192 g/mol. The van der Waals surface area contributed by atoms with Crippen LogP contribution >= 0.6 is 0 Å². The number of rotatable bonds is 2. The highest BCUT2D eigenvalue weighted by atomic mass is 16.7. The molecular formula is C12H14O3. The van der Waals surface area contributed by atoms with Gasteiger partial charge in [0.1, 0.15) is 0 Å². The third-order valence-electron chi connectivity index (χ3n) is 2.56. The van der Waals surface area contributed by atoms with Gasteiger partial charge in [0.15, 0.2) is 12.6 Å². The minimum absolute atomic E-state index is 0.371. The minimum atomic E-state index is -0.371. The number of carbonyl (C=O) groups is 1. The highest BCUT2D eigenvalue weighted by Crippen LogP contribution is 2.28. The van der Waals surface area contributed by atoms with Crippen molar-refractivity contribution in [2.45, 2.75) is 20.1 Å². The van der Waals surface area contributed by atoms with Crippen LogP contribution < -0.4 is 0 Å². The zero-order chi connectivity index (χ0) is 10.8. The molecule has 0 aromatic heterocycles. The monoisotopic (exact) mass is 206 g/mol. The van der Waals surface area contributed by atoms with Crippen LogP contribution in [0.2, 0.25) is 0 Å². The maximum absolute atomic E-state index is 11.0. The van der Waals surface area contributed by atoms with Crippen molar-refractivity contribution < 1.29 is 14.3 Å². The maximum Gasteiger partial charge on any atom is 0.184 e. The van der Waals surface area contributed by atoms with Gasteiger partial charge in [-0.25, -0.2) is 0 Å². The van der Waals surface area contributed by atoms with Gasteiger partial charge < -0.3 is 9.47 Å². The summed E-state index contributed by atoms with van der Waals surface area (Å²) in [5.74, 6) is 0. The summed E-state index contributed by atoms with van der Waals surface area (Å²) in [6.07, 6.45) is 0.499. The summed E-state index contributed by atoms with van der Waals surface area (Å²) >= 11 is 0. The largest absolute Gasteiger partial charge is 0.346 e. The van der Waals surface area contributed by atoms with E-state index < -0.39 is 0 Å². The Morgan fingerprint density at radius 1 is 1.27 bits per heavy atom. The average Bonchev–Trinajstić information content (AvgIpc) is 2.69. The second-order valence-corrected chi connectivity index (χ2v) is 3.78. The number of carbonyl (C=O) groups excluding carboxylic acids is 1. The van der Waals surface area contributed by atoms with Crippen molar-refractivity contribution in [3.63, 3.8) is 0 Å². The molecule has 0 saturated carbocycles. The van der Waals surface area contributed by atoms with E-state index in [-0.39, 0.29) is 6.29 Å². The molecule has 1 aliphatic rings. The van der Waals surface area contributed by atoms with Crippen LogP contribution in [0.15, 0.2) is 12.1 Å². The summed E-state index contributed by atoms with van der Waals surface area (Å²) < 4.78 is 10.8. The summed E-state index contributed by atoms with van der Waals surface area (Å²) in [6, 6.07) is 3.94. The molecule has 0 spiro atoms. The third kappa shape index (κ3) is 1.94. The Balaban J connectivity index is 2.47. The molecule has 0 N–H and O–H groups in total. The van der Waals surface area contributed by atoms with Gasteiger partial charge in [-0.2, -0.15) is 0 Å². The fourth-order valence-electron chi connectivity index (χ4n) is 1.91. The quantitative estimate of drug-likeness (QED) is 0.695. The Kier molecular flexibility index (Phi) is 2.84. The van der Waals surface area contributed by atoms with E-state index in [0.29, 0.717) is 18.8 Å². The molecule has 15 heavy (non-hydrogen) atoms. The highest BCUT2D eigenvalue weighted by Gasteiger charge is 2.22. The number of aryl methyl sites for hydroxylation is 2. The van der Waals surface area contributed by atoms with Crippen molar-refractivity contribution in [3.8, 4) is 0 Å². The van der Waals surface area contributed by atoms with Crippen LogP contribution in [0.5, 0.6) is 0 Å². The van der Waals surface area contributed by atoms with Gasteiger partial charge in [-0.15, -0.1) is 0 Å². The number of ether oxygens (including phenoxy) is 2. The molecule has 0 amide bonds. The summed E-state index contributed by atoms with van der Waals surface area (Å²) in [5, 5.41) is 0. The summed E-state index contributed by atoms with van der Waals surface area (Å²) in [6.45, 7) is 5.11. The van der Waals surface area contributed by atoms with Gasteiger partial charge >= 0.3 is 0 Å². The molecule has 1 fully saturated rings. The fraction of sp³-hybridized carbons (Fsp3) is 0.417. The molecule has 0 radical (unpaired) electrons. The first kappa shape index (κ1) is 10.3. The summed E-state index contributed by atoms with van der Waals surface area (Å²) in [4.78, 5) is 11.0. The Morgan fingerprint density at radius 3 is 2.53 bits per heavy atom. The molecule has 1 aliphatic heterocycles. The van der Waals surface area contributed by atoms with E-state index >= 15 is 0 Å². The molecule has 1 saturated heterocycles. The van der Waals surface area contributed by atoms with Crippen molar-refractivity contribution >= 4 is 6.29 Å². The second kappa shape index (κ2) is 4.13. The third-order valence-corrected chi connectivity index (χ3v) is 2.56. The second-order valence-electron chi connectivity index (χ2n) is 3.78. The molecule has 1 heterocycles. The normalized spacial score (nSPS) is 16.9. The van der Waals surface area contributed by atoms with Crippen LogP contribution in [-0.4, -0.2) is 19.5 Å². The van der Waals surface area contributed by atoms with Crippen molar-refractivity contribution in [2.24, 2.45) is 0 Å². The van der Waals surface area contributed by atoms with E-state index in [9.17, 15) is 4.79 Å². The first-order valence-electron chi connectivity index (χ1n) is 5.02. The van der Waals surface area contributed by atoms with E-state index in [4.69, 9.17) is 9.47 Å². The fourth-order valence-corrected chi connectivity index (χ4v) is 1.91. The predicted octanol–water partition coefficient (Wildman–Crippen LogP) is 2.16. The Bertz CT molecular complexity index is 379. The van der Waals surface area contributed by atoms with Gasteiger partial charge in [0.05, 0.1) is 13.2 Å². The lowest BCUT2D eigenvalue weighted by Gasteiger charge is -2.14. The number of hydrogen-bond donors (Lipinski definition) is 0. The van der Waals surface area contributed by atoms with Crippen molar-refractivity contribution in [1.29, 1.82) is 0 Å². The van der Waals surface area contributed by atoms with Crippen LogP contribution in [-0.2, 0) is 9.47 Å². The topological polar surface area (TPSA) is 35.5 Å². The zero-order valence-corrected chi connectivity index (χ0v) is 8.95. The smallest absolute Gasteiger partial charge is 0.184 e. The van der Waals surface area contributed by atoms with Crippen molar-refractivity contribution in [2.75, 3.05) is 13.2 Å². The summed E-state index contributed by atoms with van der Waals surface area (Å²) in [7, 11) is 0.